The van der Waals surface area contributed by atoms with Crippen molar-refractivity contribution >= 4 is 43.7 Å². The molecule has 0 aliphatic rings. The van der Waals surface area contributed by atoms with E-state index in [1.54, 1.807) is 24.3 Å². The number of hydrogen-bond donors (Lipinski definition) is 2. The lowest BCUT2D eigenvalue weighted by atomic mass is 10.2. The van der Waals surface area contributed by atoms with E-state index in [1.807, 2.05) is 0 Å². The Morgan fingerprint density at radius 3 is 2.28 bits per heavy atom. The minimum Gasteiger partial charge on any atom is -0.350 e. The first kappa shape index (κ1) is 14.9. The van der Waals surface area contributed by atoms with Gasteiger partial charge >= 0.3 is 0 Å². The first-order chi connectivity index (χ1) is 8.49. The van der Waals surface area contributed by atoms with Crippen molar-refractivity contribution < 1.29 is 9.59 Å². The highest BCUT2D eigenvalue weighted by Crippen LogP contribution is 2.10. The Morgan fingerprint density at radius 2 is 1.72 bits per heavy atom. The van der Waals surface area contributed by atoms with Crippen LogP contribution in [0.25, 0.3) is 0 Å². The van der Waals surface area contributed by atoms with E-state index >= 15 is 0 Å². The molecule has 6 heteroatoms. The lowest BCUT2D eigenvalue weighted by molar-refractivity contribution is -0.119. The predicted octanol–water partition coefficient (Wildman–Crippen LogP) is 2.20. The Hall–Kier alpha value is -1.14. The second-order valence-electron chi connectivity index (χ2n) is 3.48. The first-order valence-corrected chi connectivity index (χ1v) is 6.71. The van der Waals surface area contributed by atoms with Gasteiger partial charge in [-0.3, -0.25) is 9.59 Å². The van der Waals surface area contributed by atoms with E-state index in [1.165, 1.54) is 0 Å². The second kappa shape index (κ2) is 7.33. The summed E-state index contributed by atoms with van der Waals surface area (Å²) in [5, 5.41) is 5.12. The summed E-state index contributed by atoms with van der Waals surface area (Å²) in [5.74, 6) is -0.545. The third-order valence-corrected chi connectivity index (χ3v) is 2.80. The summed E-state index contributed by atoms with van der Waals surface area (Å²) >= 11 is 6.41. The van der Waals surface area contributed by atoms with Crippen LogP contribution < -0.4 is 10.6 Å². The highest BCUT2D eigenvalue weighted by molar-refractivity contribution is 9.11. The summed E-state index contributed by atoms with van der Waals surface area (Å²) in [6.45, 7) is 3.87. The summed E-state index contributed by atoms with van der Waals surface area (Å²) in [6, 6.07) is 6.89. The largest absolute Gasteiger partial charge is 0.350 e. The van der Waals surface area contributed by atoms with Crippen molar-refractivity contribution in [3.63, 3.8) is 0 Å². The third-order valence-electron chi connectivity index (χ3n) is 1.99. The van der Waals surface area contributed by atoms with Gasteiger partial charge < -0.3 is 10.6 Å². The van der Waals surface area contributed by atoms with Gasteiger partial charge in [-0.1, -0.05) is 38.4 Å². The molecule has 0 spiro atoms. The number of halogens is 2. The fraction of sp³-hybridized carbons (Fsp3) is 0.167. The van der Waals surface area contributed by atoms with Crippen molar-refractivity contribution in [2.75, 3.05) is 13.1 Å². The molecule has 96 valence electrons. The monoisotopic (exact) mass is 374 g/mol. The molecule has 0 saturated carbocycles. The van der Waals surface area contributed by atoms with E-state index in [9.17, 15) is 9.59 Å². The number of rotatable bonds is 5. The van der Waals surface area contributed by atoms with Gasteiger partial charge in [0.05, 0.1) is 6.54 Å². The zero-order valence-corrected chi connectivity index (χ0v) is 12.7. The van der Waals surface area contributed by atoms with Gasteiger partial charge in [0.2, 0.25) is 5.91 Å². The van der Waals surface area contributed by atoms with Gasteiger partial charge in [0.25, 0.3) is 5.91 Å². The van der Waals surface area contributed by atoms with Crippen molar-refractivity contribution in [1.82, 2.24) is 10.6 Å². The van der Waals surface area contributed by atoms with Crippen LogP contribution in [0.15, 0.2) is 39.8 Å². The van der Waals surface area contributed by atoms with Gasteiger partial charge in [-0.25, -0.2) is 0 Å². The van der Waals surface area contributed by atoms with E-state index in [0.29, 0.717) is 16.6 Å². The lowest BCUT2D eigenvalue weighted by Gasteiger charge is -2.06. The smallest absolute Gasteiger partial charge is 0.251 e. The number of carbonyl (C=O) groups is 2. The quantitative estimate of drug-likeness (QED) is 0.828. The molecule has 0 aromatic heterocycles. The molecule has 0 aliphatic heterocycles. The van der Waals surface area contributed by atoms with Crippen LogP contribution in [0, 0.1) is 0 Å². The van der Waals surface area contributed by atoms with Crippen LogP contribution >= 0.6 is 31.9 Å². The fourth-order valence-electron chi connectivity index (χ4n) is 1.12. The molecule has 1 rings (SSSR count). The molecule has 4 nitrogen and oxygen atoms in total. The van der Waals surface area contributed by atoms with Crippen molar-refractivity contribution in [1.29, 1.82) is 0 Å². The Balaban J connectivity index is 2.39. The molecule has 0 unspecified atom stereocenters. The maximum absolute atomic E-state index is 11.7. The molecule has 0 heterocycles. The summed E-state index contributed by atoms with van der Waals surface area (Å²) in [7, 11) is 0. The molecule has 18 heavy (non-hydrogen) atoms. The van der Waals surface area contributed by atoms with Crippen LogP contribution in [-0.2, 0) is 4.79 Å². The molecule has 2 amide bonds. The predicted molar refractivity (Wildman–Crippen MR) is 77.6 cm³/mol. The Bertz CT molecular complexity index is 458. The summed E-state index contributed by atoms with van der Waals surface area (Å²) in [6.07, 6.45) is 0. The maximum Gasteiger partial charge on any atom is 0.251 e. The summed E-state index contributed by atoms with van der Waals surface area (Å²) < 4.78 is 1.57. The van der Waals surface area contributed by atoms with Crippen molar-refractivity contribution in [2.24, 2.45) is 0 Å². The van der Waals surface area contributed by atoms with Gasteiger partial charge in [0.15, 0.2) is 0 Å². The van der Waals surface area contributed by atoms with Crippen molar-refractivity contribution in [3.8, 4) is 0 Å². The average molecular weight is 376 g/mol. The number of carbonyl (C=O) groups excluding carboxylic acids is 2. The summed E-state index contributed by atoms with van der Waals surface area (Å²) in [5.41, 5.74) is 0.510. The maximum atomic E-state index is 11.7. The van der Waals surface area contributed by atoms with Crippen molar-refractivity contribution in [2.45, 2.75) is 0 Å². The van der Waals surface area contributed by atoms with Crippen LogP contribution in [0.3, 0.4) is 0 Å². The van der Waals surface area contributed by atoms with E-state index in [2.05, 4.69) is 49.1 Å². The highest BCUT2D eigenvalue weighted by Gasteiger charge is 2.07. The molecule has 0 radical (unpaired) electrons. The zero-order valence-electron chi connectivity index (χ0n) is 9.50. The van der Waals surface area contributed by atoms with E-state index < -0.39 is 0 Å². The highest BCUT2D eigenvalue weighted by atomic mass is 79.9. The Labute approximate surface area is 122 Å². The van der Waals surface area contributed by atoms with Crippen LogP contribution in [0.5, 0.6) is 0 Å². The molecule has 0 saturated heterocycles. The molecule has 1 aromatic rings. The standard InChI is InChI=1S/C12H12Br2N2O2/c1-8(13)6-15-11(17)7-16-12(18)9-2-4-10(14)5-3-9/h2-5H,1,6-7H2,(H,15,17)(H,16,18). The topological polar surface area (TPSA) is 58.2 Å². The van der Waals surface area contributed by atoms with E-state index in [-0.39, 0.29) is 18.4 Å². The average Bonchev–Trinajstić information content (AvgIpc) is 2.34. The minimum atomic E-state index is -0.282. The van der Waals surface area contributed by atoms with E-state index in [4.69, 9.17) is 0 Å². The van der Waals surface area contributed by atoms with E-state index in [0.717, 1.165) is 4.47 Å². The second-order valence-corrected chi connectivity index (χ2v) is 5.52. The molecule has 0 fully saturated rings. The lowest BCUT2D eigenvalue weighted by Crippen LogP contribution is -2.37. The molecule has 2 N–H and O–H groups in total. The molecular weight excluding hydrogens is 364 g/mol. The number of hydrogen-bond acceptors (Lipinski definition) is 2. The SMILES string of the molecule is C=C(Br)CNC(=O)CNC(=O)c1ccc(Br)cc1. The fourth-order valence-corrected chi connectivity index (χ4v) is 1.53. The number of amides is 2. The normalized spacial score (nSPS) is 9.67. The van der Waals surface area contributed by atoms with Gasteiger partial charge in [0, 0.05) is 21.1 Å². The van der Waals surface area contributed by atoms with Crippen LogP contribution in [0.4, 0.5) is 0 Å². The minimum absolute atomic E-state index is 0.0603. The van der Waals surface area contributed by atoms with Crippen LogP contribution in [0.1, 0.15) is 10.4 Å². The van der Waals surface area contributed by atoms with Crippen molar-refractivity contribution in [3.05, 3.63) is 45.4 Å². The number of nitrogens with one attached hydrogen (secondary N) is 2. The number of benzene rings is 1. The molecule has 0 atom stereocenters. The summed E-state index contributed by atoms with van der Waals surface area (Å²) in [4.78, 5) is 23.0. The molecule has 1 aromatic carbocycles. The Kier molecular flexibility index (Phi) is 6.07. The third kappa shape index (κ3) is 5.46. The molecular formula is C12H12Br2N2O2. The molecule has 0 aliphatic carbocycles. The van der Waals surface area contributed by atoms with Gasteiger partial charge in [-0.05, 0) is 24.3 Å². The van der Waals surface area contributed by atoms with Gasteiger partial charge in [0.1, 0.15) is 0 Å². The Morgan fingerprint density at radius 1 is 1.11 bits per heavy atom. The van der Waals surface area contributed by atoms with Crippen LogP contribution in [-0.4, -0.2) is 24.9 Å². The first-order valence-electron chi connectivity index (χ1n) is 5.13. The zero-order chi connectivity index (χ0) is 13.5. The van der Waals surface area contributed by atoms with Crippen LogP contribution in [0.2, 0.25) is 0 Å². The van der Waals surface area contributed by atoms with Gasteiger partial charge in [-0.2, -0.15) is 0 Å². The van der Waals surface area contributed by atoms with Gasteiger partial charge in [-0.15, -0.1) is 0 Å². The molecule has 0 bridgehead atoms.